The molecular formula is C17H16F2N2O3. The van der Waals surface area contributed by atoms with Crippen molar-refractivity contribution in [2.45, 2.75) is 19.4 Å². The van der Waals surface area contributed by atoms with Crippen LogP contribution in [0.3, 0.4) is 0 Å². The molecule has 1 unspecified atom stereocenters. The van der Waals surface area contributed by atoms with E-state index in [1.165, 1.54) is 19.2 Å². The summed E-state index contributed by atoms with van der Waals surface area (Å²) in [5, 5.41) is 2.40. The molecule has 126 valence electrons. The molecule has 5 nitrogen and oxygen atoms in total. The number of rotatable bonds is 4. The molecule has 1 N–H and O–H groups in total. The highest BCUT2D eigenvalue weighted by Gasteiger charge is 2.40. The SMILES string of the molecule is COC(=O)C(C)(NC(=O)c1ccc(C)nc1)c1cc(F)ccc1F. The number of aryl methyl sites for hydroxylation is 1. The molecule has 1 aromatic heterocycles. The molecule has 0 radical (unpaired) electrons. The summed E-state index contributed by atoms with van der Waals surface area (Å²) in [6, 6.07) is 5.78. The molecule has 0 saturated heterocycles. The van der Waals surface area contributed by atoms with E-state index in [0.717, 1.165) is 25.3 Å². The second-order valence-electron chi connectivity index (χ2n) is 5.38. The van der Waals surface area contributed by atoms with Crippen LogP contribution < -0.4 is 5.32 Å². The average molecular weight is 334 g/mol. The van der Waals surface area contributed by atoms with Crippen LogP contribution in [0.2, 0.25) is 0 Å². The standard InChI is InChI=1S/C17H16F2N2O3/c1-10-4-5-11(9-20-10)15(22)21-17(2,16(23)24-3)13-8-12(18)6-7-14(13)19/h4-9H,1-3H3,(H,21,22). The van der Waals surface area contributed by atoms with Gasteiger partial charge in [-0.15, -0.1) is 0 Å². The van der Waals surface area contributed by atoms with Gasteiger partial charge in [-0.1, -0.05) is 0 Å². The summed E-state index contributed by atoms with van der Waals surface area (Å²) < 4.78 is 32.3. The highest BCUT2D eigenvalue weighted by molar-refractivity contribution is 5.98. The molecule has 0 aliphatic rings. The van der Waals surface area contributed by atoms with Crippen molar-refractivity contribution in [3.05, 3.63) is 65.0 Å². The average Bonchev–Trinajstić information content (AvgIpc) is 2.56. The van der Waals surface area contributed by atoms with Crippen molar-refractivity contribution in [3.8, 4) is 0 Å². The molecule has 1 amide bonds. The molecule has 2 aromatic rings. The van der Waals surface area contributed by atoms with Crippen molar-refractivity contribution in [2.75, 3.05) is 7.11 Å². The molecule has 2 rings (SSSR count). The number of hydrogen-bond acceptors (Lipinski definition) is 4. The van der Waals surface area contributed by atoms with E-state index in [1.54, 1.807) is 13.0 Å². The quantitative estimate of drug-likeness (QED) is 0.872. The van der Waals surface area contributed by atoms with Crippen LogP contribution in [0.15, 0.2) is 36.5 Å². The van der Waals surface area contributed by atoms with Crippen molar-refractivity contribution in [2.24, 2.45) is 0 Å². The molecule has 0 fully saturated rings. The van der Waals surface area contributed by atoms with Gasteiger partial charge in [-0.25, -0.2) is 13.6 Å². The molecule has 7 heteroatoms. The van der Waals surface area contributed by atoms with Gasteiger partial charge in [0.15, 0.2) is 5.54 Å². The van der Waals surface area contributed by atoms with E-state index in [9.17, 15) is 18.4 Å². The maximum absolute atomic E-state index is 14.1. The molecule has 1 atom stereocenters. The topological polar surface area (TPSA) is 68.3 Å². The fourth-order valence-electron chi connectivity index (χ4n) is 2.21. The van der Waals surface area contributed by atoms with E-state index in [1.807, 2.05) is 0 Å². The first-order chi connectivity index (χ1) is 11.3. The molecule has 1 heterocycles. The van der Waals surface area contributed by atoms with E-state index < -0.39 is 29.0 Å². The summed E-state index contributed by atoms with van der Waals surface area (Å²) in [7, 11) is 1.09. The summed E-state index contributed by atoms with van der Waals surface area (Å²) >= 11 is 0. The van der Waals surface area contributed by atoms with Crippen molar-refractivity contribution in [3.63, 3.8) is 0 Å². The molecule has 0 aliphatic heterocycles. The highest BCUT2D eigenvalue weighted by Crippen LogP contribution is 2.26. The number of hydrogen-bond donors (Lipinski definition) is 1. The Morgan fingerprint density at radius 2 is 1.92 bits per heavy atom. The van der Waals surface area contributed by atoms with E-state index in [-0.39, 0.29) is 11.1 Å². The summed E-state index contributed by atoms with van der Waals surface area (Å²) in [5.74, 6) is -3.18. The van der Waals surface area contributed by atoms with Gasteiger partial charge in [-0.05, 0) is 44.2 Å². The molecule has 0 spiro atoms. The zero-order chi connectivity index (χ0) is 17.9. The molecule has 0 saturated carbocycles. The Balaban J connectivity index is 2.45. The lowest BCUT2D eigenvalue weighted by Gasteiger charge is -2.28. The van der Waals surface area contributed by atoms with E-state index in [2.05, 4.69) is 15.0 Å². The number of carbonyl (C=O) groups is 2. The van der Waals surface area contributed by atoms with Gasteiger partial charge in [0, 0.05) is 17.5 Å². The minimum absolute atomic E-state index is 0.174. The van der Waals surface area contributed by atoms with Gasteiger partial charge in [-0.3, -0.25) is 9.78 Å². The maximum atomic E-state index is 14.1. The molecule has 1 aromatic carbocycles. The van der Waals surface area contributed by atoms with E-state index >= 15 is 0 Å². The third-order valence-electron chi connectivity index (χ3n) is 3.60. The zero-order valence-corrected chi connectivity index (χ0v) is 13.4. The zero-order valence-electron chi connectivity index (χ0n) is 13.4. The van der Waals surface area contributed by atoms with Crippen LogP contribution in [-0.2, 0) is 15.1 Å². The largest absolute Gasteiger partial charge is 0.467 e. The smallest absolute Gasteiger partial charge is 0.336 e. The maximum Gasteiger partial charge on any atom is 0.336 e. The Hall–Kier alpha value is -2.83. The van der Waals surface area contributed by atoms with E-state index in [4.69, 9.17) is 0 Å². The predicted molar refractivity (Wildman–Crippen MR) is 82.2 cm³/mol. The lowest BCUT2D eigenvalue weighted by molar-refractivity contribution is -0.148. The van der Waals surface area contributed by atoms with Crippen molar-refractivity contribution in [1.29, 1.82) is 0 Å². The highest BCUT2D eigenvalue weighted by atomic mass is 19.1. The van der Waals surface area contributed by atoms with E-state index in [0.29, 0.717) is 5.69 Å². The number of amides is 1. The van der Waals surface area contributed by atoms with Crippen LogP contribution in [-0.4, -0.2) is 24.0 Å². The van der Waals surface area contributed by atoms with Crippen LogP contribution in [0.1, 0.15) is 28.5 Å². The Labute approximate surface area is 137 Å². The summed E-state index contributed by atoms with van der Waals surface area (Å²) in [4.78, 5) is 28.6. The first kappa shape index (κ1) is 17.5. The number of ether oxygens (including phenoxy) is 1. The third-order valence-corrected chi connectivity index (χ3v) is 3.60. The molecule has 0 aliphatic carbocycles. The van der Waals surface area contributed by atoms with Gasteiger partial charge >= 0.3 is 5.97 Å². The number of esters is 1. The van der Waals surface area contributed by atoms with Crippen molar-refractivity contribution < 1.29 is 23.1 Å². The van der Waals surface area contributed by atoms with Gasteiger partial charge in [0.05, 0.1) is 12.7 Å². The van der Waals surface area contributed by atoms with Crippen molar-refractivity contribution in [1.82, 2.24) is 10.3 Å². The minimum atomic E-state index is -1.90. The van der Waals surface area contributed by atoms with Gasteiger partial charge < -0.3 is 10.1 Å². The number of pyridine rings is 1. The Morgan fingerprint density at radius 3 is 2.50 bits per heavy atom. The predicted octanol–water partition coefficient (Wildman–Crippen LogP) is 2.49. The van der Waals surface area contributed by atoms with Gasteiger partial charge in [-0.2, -0.15) is 0 Å². The van der Waals surface area contributed by atoms with Crippen LogP contribution in [0.25, 0.3) is 0 Å². The van der Waals surface area contributed by atoms with Crippen LogP contribution in [0, 0.1) is 18.6 Å². The summed E-state index contributed by atoms with van der Waals surface area (Å²) in [6.45, 7) is 3.00. The number of carbonyl (C=O) groups excluding carboxylic acids is 2. The summed E-state index contributed by atoms with van der Waals surface area (Å²) in [6.07, 6.45) is 1.32. The number of benzene rings is 1. The number of nitrogens with one attached hydrogen (secondary N) is 1. The van der Waals surface area contributed by atoms with Crippen LogP contribution >= 0.6 is 0 Å². The first-order valence-corrected chi connectivity index (χ1v) is 7.07. The number of aromatic nitrogens is 1. The lowest BCUT2D eigenvalue weighted by Crippen LogP contribution is -2.50. The number of methoxy groups -OCH3 is 1. The molecular weight excluding hydrogens is 318 g/mol. The summed E-state index contributed by atoms with van der Waals surface area (Å²) in [5.41, 5.74) is -1.35. The first-order valence-electron chi connectivity index (χ1n) is 7.07. The Bertz CT molecular complexity index is 778. The van der Waals surface area contributed by atoms with Crippen molar-refractivity contribution >= 4 is 11.9 Å². The van der Waals surface area contributed by atoms with Gasteiger partial charge in [0.25, 0.3) is 5.91 Å². The number of nitrogens with zero attached hydrogens (tertiary/aromatic N) is 1. The van der Waals surface area contributed by atoms with Crippen LogP contribution in [0.4, 0.5) is 8.78 Å². The fourth-order valence-corrected chi connectivity index (χ4v) is 2.21. The number of halogens is 2. The van der Waals surface area contributed by atoms with Gasteiger partial charge in [0.2, 0.25) is 0 Å². The van der Waals surface area contributed by atoms with Crippen LogP contribution in [0.5, 0.6) is 0 Å². The van der Waals surface area contributed by atoms with Gasteiger partial charge in [0.1, 0.15) is 11.6 Å². The molecule has 0 bridgehead atoms. The second-order valence-corrected chi connectivity index (χ2v) is 5.38. The monoisotopic (exact) mass is 334 g/mol. The second kappa shape index (κ2) is 6.74. The Morgan fingerprint density at radius 1 is 1.21 bits per heavy atom. The lowest BCUT2D eigenvalue weighted by atomic mass is 9.90. The molecule has 24 heavy (non-hydrogen) atoms. The third kappa shape index (κ3) is 3.40. The Kier molecular flexibility index (Phi) is 4.92. The minimum Gasteiger partial charge on any atom is -0.467 e. The fraction of sp³-hybridized carbons (Fsp3) is 0.235. The normalized spacial score (nSPS) is 13.0.